The minimum absolute atomic E-state index is 0.194. The second kappa shape index (κ2) is 3.76. The van der Waals surface area contributed by atoms with E-state index in [4.69, 9.17) is 0 Å². The molecule has 0 N–H and O–H groups in total. The molecule has 6 heteroatoms. The van der Waals surface area contributed by atoms with E-state index in [1.807, 2.05) is 0 Å². The zero-order valence-electron chi connectivity index (χ0n) is 6.95. The Balaban J connectivity index is 3.40. The minimum atomic E-state index is -4.75. The summed E-state index contributed by atoms with van der Waals surface area (Å²) in [4.78, 5) is 0. The van der Waals surface area contributed by atoms with Gasteiger partial charge in [-0.3, -0.25) is 0 Å². The fourth-order valence-corrected chi connectivity index (χ4v) is 1.39. The SMILES string of the molecule is COc1cc(Br)cc(F)c1C(F)(F)F. The Morgan fingerprint density at radius 3 is 2.29 bits per heavy atom. The molecule has 14 heavy (non-hydrogen) atoms. The lowest BCUT2D eigenvalue weighted by Gasteiger charge is -2.12. The zero-order valence-corrected chi connectivity index (χ0v) is 8.54. The van der Waals surface area contributed by atoms with Gasteiger partial charge in [-0.05, 0) is 12.1 Å². The molecule has 78 valence electrons. The van der Waals surface area contributed by atoms with E-state index >= 15 is 0 Å². The monoisotopic (exact) mass is 272 g/mol. The summed E-state index contributed by atoms with van der Waals surface area (Å²) in [6, 6.07) is 1.80. The van der Waals surface area contributed by atoms with Crippen molar-refractivity contribution in [3.63, 3.8) is 0 Å². The first-order valence-corrected chi connectivity index (χ1v) is 4.25. The Labute approximate surface area is 85.8 Å². The lowest BCUT2D eigenvalue weighted by molar-refractivity contribution is -0.141. The van der Waals surface area contributed by atoms with E-state index < -0.39 is 23.3 Å². The minimum Gasteiger partial charge on any atom is -0.496 e. The molecule has 0 heterocycles. The number of ether oxygens (including phenoxy) is 1. The summed E-state index contributed by atoms with van der Waals surface area (Å²) in [7, 11) is 1.05. The van der Waals surface area contributed by atoms with Gasteiger partial charge in [-0.1, -0.05) is 15.9 Å². The van der Waals surface area contributed by atoms with Gasteiger partial charge in [0, 0.05) is 4.47 Å². The van der Waals surface area contributed by atoms with E-state index in [0.29, 0.717) is 0 Å². The molecule has 1 nitrogen and oxygen atoms in total. The van der Waals surface area contributed by atoms with Crippen LogP contribution < -0.4 is 4.74 Å². The molecule has 0 fully saturated rings. The highest BCUT2D eigenvalue weighted by atomic mass is 79.9. The van der Waals surface area contributed by atoms with Crippen LogP contribution in [0.25, 0.3) is 0 Å². The average Bonchev–Trinajstić information content (AvgIpc) is 1.99. The summed E-state index contributed by atoms with van der Waals surface area (Å²) in [5, 5.41) is 0. The molecule has 0 saturated heterocycles. The lowest BCUT2D eigenvalue weighted by Crippen LogP contribution is -2.10. The molecular formula is C8H5BrF4O. The number of methoxy groups -OCH3 is 1. The zero-order chi connectivity index (χ0) is 10.9. The maximum Gasteiger partial charge on any atom is 0.422 e. The van der Waals surface area contributed by atoms with Gasteiger partial charge in [0.15, 0.2) is 0 Å². The topological polar surface area (TPSA) is 9.23 Å². The van der Waals surface area contributed by atoms with Gasteiger partial charge in [0.2, 0.25) is 0 Å². The Bertz CT molecular complexity index is 348. The van der Waals surface area contributed by atoms with Crippen LogP contribution >= 0.6 is 15.9 Å². The van der Waals surface area contributed by atoms with Gasteiger partial charge in [0.05, 0.1) is 7.11 Å². The van der Waals surface area contributed by atoms with Gasteiger partial charge in [-0.2, -0.15) is 13.2 Å². The Kier molecular flexibility index (Phi) is 3.04. The van der Waals surface area contributed by atoms with Crippen LogP contribution in [-0.2, 0) is 6.18 Å². The van der Waals surface area contributed by atoms with Gasteiger partial charge < -0.3 is 4.74 Å². The van der Waals surface area contributed by atoms with Gasteiger partial charge in [0.1, 0.15) is 17.1 Å². The number of rotatable bonds is 1. The fourth-order valence-electron chi connectivity index (χ4n) is 0.986. The second-order valence-corrected chi connectivity index (χ2v) is 3.38. The summed E-state index contributed by atoms with van der Waals surface area (Å²) in [6.45, 7) is 0. The highest BCUT2D eigenvalue weighted by Gasteiger charge is 2.38. The molecule has 1 aromatic rings. The van der Waals surface area contributed by atoms with Gasteiger partial charge in [0.25, 0.3) is 0 Å². The normalized spacial score (nSPS) is 11.6. The quantitative estimate of drug-likeness (QED) is 0.710. The van der Waals surface area contributed by atoms with Crippen LogP contribution in [0.5, 0.6) is 5.75 Å². The smallest absolute Gasteiger partial charge is 0.422 e. The third kappa shape index (κ3) is 2.17. The molecule has 0 atom stereocenters. The predicted molar refractivity (Wildman–Crippen MR) is 45.7 cm³/mol. The molecular weight excluding hydrogens is 268 g/mol. The number of halogens is 5. The summed E-state index contributed by atoms with van der Waals surface area (Å²) < 4.78 is 54.5. The van der Waals surface area contributed by atoms with Crippen molar-refractivity contribution in [1.82, 2.24) is 0 Å². The van der Waals surface area contributed by atoms with Crippen molar-refractivity contribution < 1.29 is 22.3 Å². The van der Waals surface area contributed by atoms with E-state index in [-0.39, 0.29) is 4.47 Å². The molecule has 0 radical (unpaired) electrons. The summed E-state index contributed by atoms with van der Waals surface area (Å²) in [5.41, 5.74) is -1.39. The van der Waals surface area contributed by atoms with Crippen molar-refractivity contribution in [2.24, 2.45) is 0 Å². The van der Waals surface area contributed by atoms with Crippen molar-refractivity contribution in [2.75, 3.05) is 7.11 Å². The highest BCUT2D eigenvalue weighted by Crippen LogP contribution is 2.39. The molecule has 0 unspecified atom stereocenters. The van der Waals surface area contributed by atoms with Crippen molar-refractivity contribution in [2.45, 2.75) is 6.18 Å². The molecule has 0 bridgehead atoms. The molecule has 0 aliphatic heterocycles. The lowest BCUT2D eigenvalue weighted by atomic mass is 10.2. The van der Waals surface area contributed by atoms with Crippen LogP contribution in [0.2, 0.25) is 0 Å². The molecule has 0 aliphatic carbocycles. The van der Waals surface area contributed by atoms with Crippen LogP contribution in [0, 0.1) is 5.82 Å². The first-order chi connectivity index (χ1) is 6.36. The molecule has 1 aromatic carbocycles. The number of benzene rings is 1. The Morgan fingerprint density at radius 1 is 1.29 bits per heavy atom. The molecule has 1 rings (SSSR count). The van der Waals surface area contributed by atoms with E-state index in [2.05, 4.69) is 20.7 Å². The van der Waals surface area contributed by atoms with E-state index in [9.17, 15) is 17.6 Å². The summed E-state index contributed by atoms with van der Waals surface area (Å²) >= 11 is 2.87. The first kappa shape index (κ1) is 11.3. The molecule has 0 aliphatic rings. The molecule has 0 saturated carbocycles. The first-order valence-electron chi connectivity index (χ1n) is 3.46. The predicted octanol–water partition coefficient (Wildman–Crippen LogP) is 3.62. The third-order valence-electron chi connectivity index (χ3n) is 1.52. The van der Waals surface area contributed by atoms with E-state index in [1.165, 1.54) is 0 Å². The van der Waals surface area contributed by atoms with Crippen LogP contribution in [0.15, 0.2) is 16.6 Å². The number of hydrogen-bond donors (Lipinski definition) is 0. The van der Waals surface area contributed by atoms with Crippen molar-refractivity contribution >= 4 is 15.9 Å². The Hall–Kier alpha value is -0.780. The summed E-state index contributed by atoms with van der Waals surface area (Å²) in [6.07, 6.45) is -4.75. The van der Waals surface area contributed by atoms with Crippen molar-refractivity contribution in [3.8, 4) is 5.75 Å². The Morgan fingerprint density at radius 2 is 1.86 bits per heavy atom. The third-order valence-corrected chi connectivity index (χ3v) is 1.98. The second-order valence-electron chi connectivity index (χ2n) is 2.46. The maximum absolute atomic E-state index is 13.0. The maximum atomic E-state index is 13.0. The van der Waals surface area contributed by atoms with E-state index in [0.717, 1.165) is 19.2 Å². The largest absolute Gasteiger partial charge is 0.496 e. The molecule has 0 spiro atoms. The van der Waals surface area contributed by atoms with Crippen LogP contribution in [0.3, 0.4) is 0 Å². The number of hydrogen-bond acceptors (Lipinski definition) is 1. The standard InChI is InChI=1S/C8H5BrF4O/c1-14-6-3-4(9)2-5(10)7(6)8(11,12)13/h2-3H,1H3. The van der Waals surface area contributed by atoms with Gasteiger partial charge >= 0.3 is 6.18 Å². The van der Waals surface area contributed by atoms with Crippen molar-refractivity contribution in [1.29, 1.82) is 0 Å². The number of alkyl halides is 3. The van der Waals surface area contributed by atoms with Crippen LogP contribution in [0.4, 0.5) is 17.6 Å². The van der Waals surface area contributed by atoms with Crippen LogP contribution in [0.1, 0.15) is 5.56 Å². The van der Waals surface area contributed by atoms with Crippen molar-refractivity contribution in [3.05, 3.63) is 28.0 Å². The fraction of sp³-hybridized carbons (Fsp3) is 0.250. The summed E-state index contributed by atoms with van der Waals surface area (Å²) in [5.74, 6) is -1.90. The van der Waals surface area contributed by atoms with Gasteiger partial charge in [-0.15, -0.1) is 0 Å². The highest BCUT2D eigenvalue weighted by molar-refractivity contribution is 9.10. The van der Waals surface area contributed by atoms with Crippen LogP contribution in [-0.4, -0.2) is 7.11 Å². The van der Waals surface area contributed by atoms with Gasteiger partial charge in [-0.25, -0.2) is 4.39 Å². The van der Waals surface area contributed by atoms with E-state index in [1.54, 1.807) is 0 Å². The average molecular weight is 273 g/mol. The molecule has 0 aromatic heterocycles. The molecule has 0 amide bonds.